The molecule has 2 aromatic carbocycles. The molecule has 3 rings (SSSR count). The average Bonchev–Trinajstić information content (AvgIpc) is 2.57. The fourth-order valence-electron chi connectivity index (χ4n) is 2.09. The lowest BCUT2D eigenvalue weighted by Crippen LogP contribution is -2.06. The van der Waals surface area contributed by atoms with Gasteiger partial charge in [-0.15, -0.1) is 0 Å². The maximum Gasteiger partial charge on any atom is 0.340 e. The van der Waals surface area contributed by atoms with Crippen molar-refractivity contribution in [2.75, 3.05) is 12.4 Å². The standard InChI is InChI=1S/C16H11Cl2N3O2/c1-23-15(22)13-10(17)6-7-12(14(13)18)21-16-19-8-9-4-2-3-5-11(9)20-16/h2-8H,1H3,(H,19,20,21). The zero-order valence-corrected chi connectivity index (χ0v) is 13.5. The van der Waals surface area contributed by atoms with E-state index in [9.17, 15) is 4.79 Å². The topological polar surface area (TPSA) is 64.1 Å². The number of fused-ring (bicyclic) bond motifs is 1. The second-order valence-corrected chi connectivity index (χ2v) is 5.44. The molecule has 0 radical (unpaired) electrons. The maximum atomic E-state index is 11.8. The van der Waals surface area contributed by atoms with Gasteiger partial charge >= 0.3 is 5.97 Å². The fourth-order valence-corrected chi connectivity index (χ4v) is 2.66. The van der Waals surface area contributed by atoms with Crippen LogP contribution in [0.1, 0.15) is 10.4 Å². The van der Waals surface area contributed by atoms with Gasteiger partial charge in [-0.2, -0.15) is 0 Å². The molecule has 0 aliphatic rings. The van der Waals surface area contributed by atoms with Crippen molar-refractivity contribution in [3.05, 3.63) is 58.2 Å². The van der Waals surface area contributed by atoms with E-state index < -0.39 is 5.97 Å². The Morgan fingerprint density at radius 1 is 1.17 bits per heavy atom. The molecule has 0 fully saturated rings. The second kappa shape index (κ2) is 6.40. The van der Waals surface area contributed by atoms with E-state index in [0.717, 1.165) is 10.9 Å². The molecule has 1 N–H and O–H groups in total. The molecule has 5 nitrogen and oxygen atoms in total. The smallest absolute Gasteiger partial charge is 0.340 e. The third-order valence-electron chi connectivity index (χ3n) is 3.22. The molecule has 0 amide bonds. The summed E-state index contributed by atoms with van der Waals surface area (Å²) in [6, 6.07) is 10.8. The van der Waals surface area contributed by atoms with Gasteiger partial charge in [-0.05, 0) is 18.2 Å². The highest BCUT2D eigenvalue weighted by atomic mass is 35.5. The Bertz CT molecular complexity index is 900. The van der Waals surface area contributed by atoms with Gasteiger partial charge < -0.3 is 10.1 Å². The van der Waals surface area contributed by atoms with E-state index in [2.05, 4.69) is 15.3 Å². The minimum Gasteiger partial charge on any atom is -0.465 e. The highest BCUT2D eigenvalue weighted by Gasteiger charge is 2.19. The van der Waals surface area contributed by atoms with E-state index in [1.165, 1.54) is 7.11 Å². The number of rotatable bonds is 3. The number of hydrogen-bond acceptors (Lipinski definition) is 5. The molecule has 0 atom stereocenters. The summed E-state index contributed by atoms with van der Waals surface area (Å²) in [5.74, 6) is -0.244. The number of ether oxygens (including phenoxy) is 1. The van der Waals surface area contributed by atoms with Crippen LogP contribution in [0.5, 0.6) is 0 Å². The summed E-state index contributed by atoms with van der Waals surface area (Å²) < 4.78 is 4.69. The average molecular weight is 348 g/mol. The number of halogens is 2. The lowest BCUT2D eigenvalue weighted by atomic mass is 10.2. The molecule has 0 aliphatic heterocycles. The van der Waals surface area contributed by atoms with Crippen molar-refractivity contribution in [1.82, 2.24) is 9.97 Å². The Hall–Kier alpha value is -2.37. The third-order valence-corrected chi connectivity index (χ3v) is 3.92. The number of carbonyl (C=O) groups excluding carboxylic acids is 1. The third kappa shape index (κ3) is 3.06. The Kier molecular flexibility index (Phi) is 4.32. The first kappa shape index (κ1) is 15.5. The van der Waals surface area contributed by atoms with Crippen molar-refractivity contribution in [3.8, 4) is 0 Å². The summed E-state index contributed by atoms with van der Waals surface area (Å²) >= 11 is 12.3. The Morgan fingerprint density at radius 2 is 1.96 bits per heavy atom. The summed E-state index contributed by atoms with van der Waals surface area (Å²) in [6.45, 7) is 0. The number of hydrogen-bond donors (Lipinski definition) is 1. The molecule has 3 aromatic rings. The van der Waals surface area contributed by atoms with Crippen LogP contribution in [-0.2, 0) is 4.74 Å². The molecular weight excluding hydrogens is 337 g/mol. The Morgan fingerprint density at radius 3 is 2.74 bits per heavy atom. The van der Waals surface area contributed by atoms with Crippen LogP contribution >= 0.6 is 23.2 Å². The number of aromatic nitrogens is 2. The lowest BCUT2D eigenvalue weighted by Gasteiger charge is -2.11. The van der Waals surface area contributed by atoms with E-state index in [0.29, 0.717) is 11.6 Å². The Labute approximate surface area is 142 Å². The van der Waals surface area contributed by atoms with Crippen molar-refractivity contribution < 1.29 is 9.53 Å². The van der Waals surface area contributed by atoms with Crippen LogP contribution in [-0.4, -0.2) is 23.0 Å². The second-order valence-electron chi connectivity index (χ2n) is 4.65. The molecule has 0 saturated heterocycles. The van der Waals surface area contributed by atoms with Gasteiger partial charge in [-0.3, -0.25) is 0 Å². The highest BCUT2D eigenvalue weighted by molar-refractivity contribution is 6.41. The SMILES string of the molecule is COC(=O)c1c(Cl)ccc(Nc2ncc3ccccc3n2)c1Cl. The lowest BCUT2D eigenvalue weighted by molar-refractivity contribution is 0.0601. The largest absolute Gasteiger partial charge is 0.465 e. The predicted molar refractivity (Wildman–Crippen MR) is 90.6 cm³/mol. The van der Waals surface area contributed by atoms with Crippen molar-refractivity contribution in [3.63, 3.8) is 0 Å². The van der Waals surface area contributed by atoms with Crippen molar-refractivity contribution in [2.45, 2.75) is 0 Å². The zero-order valence-electron chi connectivity index (χ0n) is 12.0. The van der Waals surface area contributed by atoms with E-state index in [1.54, 1.807) is 18.3 Å². The molecule has 0 unspecified atom stereocenters. The summed E-state index contributed by atoms with van der Waals surface area (Å²) in [6.07, 6.45) is 1.70. The molecule has 0 aliphatic carbocycles. The number of methoxy groups -OCH3 is 1. The first-order valence-corrected chi connectivity index (χ1v) is 7.41. The van der Waals surface area contributed by atoms with Crippen LogP contribution in [0, 0.1) is 0 Å². The zero-order chi connectivity index (χ0) is 16.4. The van der Waals surface area contributed by atoms with Crippen LogP contribution < -0.4 is 5.32 Å². The minimum absolute atomic E-state index is 0.0987. The van der Waals surface area contributed by atoms with Gasteiger partial charge in [-0.25, -0.2) is 14.8 Å². The van der Waals surface area contributed by atoms with Crippen LogP contribution in [0.15, 0.2) is 42.6 Å². The molecule has 1 aromatic heterocycles. The summed E-state index contributed by atoms with van der Waals surface area (Å²) in [4.78, 5) is 20.4. The monoisotopic (exact) mass is 347 g/mol. The van der Waals surface area contributed by atoms with Crippen molar-refractivity contribution in [1.29, 1.82) is 0 Å². The number of benzene rings is 2. The summed E-state index contributed by atoms with van der Waals surface area (Å²) in [7, 11) is 1.27. The number of anilines is 2. The number of esters is 1. The molecule has 0 saturated carbocycles. The van der Waals surface area contributed by atoms with Gasteiger partial charge in [0.15, 0.2) is 0 Å². The normalized spacial score (nSPS) is 10.6. The minimum atomic E-state index is -0.608. The quantitative estimate of drug-likeness (QED) is 0.708. The molecule has 1 heterocycles. The molecule has 7 heteroatoms. The van der Waals surface area contributed by atoms with E-state index in [1.807, 2.05) is 24.3 Å². The van der Waals surface area contributed by atoms with Crippen molar-refractivity contribution >= 4 is 51.7 Å². The van der Waals surface area contributed by atoms with Gasteiger partial charge in [0.2, 0.25) is 5.95 Å². The van der Waals surface area contributed by atoms with Gasteiger partial charge in [0.25, 0.3) is 0 Å². The molecule has 0 bridgehead atoms. The Balaban J connectivity index is 2.00. The van der Waals surface area contributed by atoms with Crippen LogP contribution in [0.2, 0.25) is 10.0 Å². The maximum absolute atomic E-state index is 11.8. The van der Waals surface area contributed by atoms with Gasteiger partial charge in [0.1, 0.15) is 0 Å². The van der Waals surface area contributed by atoms with E-state index in [4.69, 9.17) is 27.9 Å². The van der Waals surface area contributed by atoms with Gasteiger partial charge in [-0.1, -0.05) is 41.4 Å². The number of para-hydroxylation sites is 1. The first-order chi connectivity index (χ1) is 11.1. The van der Waals surface area contributed by atoms with Gasteiger partial charge in [0.05, 0.1) is 33.9 Å². The molecule has 23 heavy (non-hydrogen) atoms. The molecular formula is C16H11Cl2N3O2. The number of nitrogens with one attached hydrogen (secondary N) is 1. The van der Waals surface area contributed by atoms with Crippen LogP contribution in [0.3, 0.4) is 0 Å². The summed E-state index contributed by atoms with van der Waals surface area (Å²) in [5.41, 5.74) is 1.36. The predicted octanol–water partition coefficient (Wildman–Crippen LogP) is 4.47. The van der Waals surface area contributed by atoms with E-state index >= 15 is 0 Å². The van der Waals surface area contributed by atoms with Crippen LogP contribution in [0.4, 0.5) is 11.6 Å². The first-order valence-electron chi connectivity index (χ1n) is 6.65. The number of nitrogens with zero attached hydrogens (tertiary/aromatic N) is 2. The molecule has 116 valence electrons. The molecule has 0 spiro atoms. The summed E-state index contributed by atoms with van der Waals surface area (Å²) in [5, 5.41) is 4.29. The highest BCUT2D eigenvalue weighted by Crippen LogP contribution is 2.33. The number of carbonyl (C=O) groups is 1. The van der Waals surface area contributed by atoms with Crippen molar-refractivity contribution in [2.24, 2.45) is 0 Å². The van der Waals surface area contributed by atoms with Crippen LogP contribution in [0.25, 0.3) is 10.9 Å². The van der Waals surface area contributed by atoms with E-state index in [-0.39, 0.29) is 15.6 Å². The van der Waals surface area contributed by atoms with Gasteiger partial charge in [0, 0.05) is 11.6 Å². The fraction of sp³-hybridized carbons (Fsp3) is 0.0625.